The Morgan fingerprint density at radius 1 is 1.42 bits per heavy atom. The second-order valence-electron chi connectivity index (χ2n) is 4.25. The van der Waals surface area contributed by atoms with Gasteiger partial charge in [0.2, 0.25) is 0 Å². The second kappa shape index (κ2) is 4.56. The fourth-order valence-electron chi connectivity index (χ4n) is 1.84. The van der Waals surface area contributed by atoms with Gasteiger partial charge in [0.1, 0.15) is 17.9 Å². The molecule has 102 valence electrons. The number of fused-ring (bicyclic) bond motifs is 1. The number of carbonyl (C=O) groups is 1. The monoisotopic (exact) mass is 271 g/mol. The van der Waals surface area contributed by atoms with Crippen LogP contribution in [0.5, 0.6) is 0 Å². The number of amides is 1. The molecule has 0 N–H and O–H groups in total. The van der Waals surface area contributed by atoms with E-state index in [-0.39, 0.29) is 5.69 Å². The molecule has 0 unspecified atom stereocenters. The van der Waals surface area contributed by atoms with Gasteiger partial charge in [-0.3, -0.25) is 4.79 Å². The number of halogens is 3. The molecule has 0 atom stereocenters. The summed E-state index contributed by atoms with van der Waals surface area (Å²) in [5, 5.41) is 0. The summed E-state index contributed by atoms with van der Waals surface area (Å²) in [5.74, 6) is -0.737. The molecule has 4 nitrogen and oxygen atoms in total. The largest absolute Gasteiger partial charge is 0.406 e. The third-order valence-corrected chi connectivity index (χ3v) is 2.73. The summed E-state index contributed by atoms with van der Waals surface area (Å²) >= 11 is 0. The van der Waals surface area contributed by atoms with E-state index in [1.54, 1.807) is 35.7 Å². The molecule has 0 spiro atoms. The average molecular weight is 271 g/mol. The SMILES string of the molecule is Cc1c(C(=O)N(C)CC(F)(F)F)nc2ccccn12. The van der Waals surface area contributed by atoms with Crippen molar-refractivity contribution >= 4 is 11.6 Å². The van der Waals surface area contributed by atoms with Gasteiger partial charge in [0.15, 0.2) is 0 Å². The van der Waals surface area contributed by atoms with Crippen molar-refractivity contribution in [2.24, 2.45) is 0 Å². The van der Waals surface area contributed by atoms with Gasteiger partial charge in [0, 0.05) is 13.2 Å². The average Bonchev–Trinajstić information content (AvgIpc) is 2.64. The number of pyridine rings is 1. The number of aryl methyl sites for hydroxylation is 1. The minimum atomic E-state index is -4.42. The van der Waals surface area contributed by atoms with Gasteiger partial charge in [0.05, 0.1) is 5.69 Å². The normalized spacial score (nSPS) is 11.8. The van der Waals surface area contributed by atoms with E-state index in [0.29, 0.717) is 16.2 Å². The van der Waals surface area contributed by atoms with E-state index in [1.165, 1.54) is 0 Å². The first-order valence-corrected chi connectivity index (χ1v) is 5.55. The van der Waals surface area contributed by atoms with Crippen LogP contribution in [-0.4, -0.2) is 40.0 Å². The molecule has 0 aromatic carbocycles. The molecule has 0 saturated carbocycles. The van der Waals surface area contributed by atoms with Crippen LogP contribution in [-0.2, 0) is 0 Å². The lowest BCUT2D eigenvalue weighted by molar-refractivity contribution is -0.138. The zero-order valence-electron chi connectivity index (χ0n) is 10.4. The molecule has 2 aromatic heterocycles. The molecule has 0 aliphatic rings. The van der Waals surface area contributed by atoms with Crippen LogP contribution in [0, 0.1) is 6.92 Å². The molecular formula is C12H12F3N3O. The van der Waals surface area contributed by atoms with Crippen LogP contribution in [0.1, 0.15) is 16.2 Å². The first kappa shape index (κ1) is 13.4. The predicted molar refractivity (Wildman–Crippen MR) is 62.9 cm³/mol. The van der Waals surface area contributed by atoms with Gasteiger partial charge in [0.25, 0.3) is 5.91 Å². The predicted octanol–water partition coefficient (Wildman–Crippen LogP) is 2.28. The van der Waals surface area contributed by atoms with Crippen molar-refractivity contribution in [3.8, 4) is 0 Å². The molecule has 0 fully saturated rings. The van der Waals surface area contributed by atoms with Gasteiger partial charge in [-0.15, -0.1) is 0 Å². The maximum Gasteiger partial charge on any atom is 0.406 e. The maximum atomic E-state index is 12.3. The number of hydrogen-bond donors (Lipinski definition) is 0. The highest BCUT2D eigenvalue weighted by atomic mass is 19.4. The van der Waals surface area contributed by atoms with Crippen molar-refractivity contribution in [3.05, 3.63) is 35.8 Å². The van der Waals surface area contributed by atoms with Gasteiger partial charge in [-0.25, -0.2) is 4.98 Å². The summed E-state index contributed by atoms with van der Waals surface area (Å²) in [4.78, 5) is 16.7. The number of aromatic nitrogens is 2. The molecule has 7 heteroatoms. The molecule has 2 rings (SSSR count). The Morgan fingerprint density at radius 2 is 2.11 bits per heavy atom. The third kappa shape index (κ3) is 2.69. The first-order chi connectivity index (χ1) is 8.79. The quantitative estimate of drug-likeness (QED) is 0.840. The first-order valence-electron chi connectivity index (χ1n) is 5.55. The Labute approximate surface area is 107 Å². The standard InChI is InChI=1S/C12H12F3N3O/c1-8-10(11(19)17(2)7-12(13,14)15)16-9-5-3-4-6-18(8)9/h3-6H,7H2,1-2H3. The molecule has 0 bridgehead atoms. The Hall–Kier alpha value is -2.05. The third-order valence-electron chi connectivity index (χ3n) is 2.73. The van der Waals surface area contributed by atoms with E-state index in [1.807, 2.05) is 0 Å². The van der Waals surface area contributed by atoms with Crippen molar-refractivity contribution in [2.75, 3.05) is 13.6 Å². The molecule has 0 radical (unpaired) electrons. The van der Waals surface area contributed by atoms with Crippen LogP contribution in [0.15, 0.2) is 24.4 Å². The van der Waals surface area contributed by atoms with Crippen molar-refractivity contribution in [3.63, 3.8) is 0 Å². The van der Waals surface area contributed by atoms with Crippen molar-refractivity contribution < 1.29 is 18.0 Å². The number of hydrogen-bond acceptors (Lipinski definition) is 2. The fraction of sp³-hybridized carbons (Fsp3) is 0.333. The van der Waals surface area contributed by atoms with Crippen LogP contribution >= 0.6 is 0 Å². The number of nitrogens with zero attached hydrogens (tertiary/aromatic N) is 3. The molecular weight excluding hydrogens is 259 g/mol. The highest BCUT2D eigenvalue weighted by Gasteiger charge is 2.32. The van der Waals surface area contributed by atoms with Gasteiger partial charge in [-0.1, -0.05) is 6.07 Å². The molecule has 2 aromatic rings. The molecule has 0 saturated heterocycles. The number of alkyl halides is 3. The Morgan fingerprint density at radius 3 is 2.68 bits per heavy atom. The summed E-state index contributed by atoms with van der Waals surface area (Å²) in [7, 11) is 1.11. The number of carbonyl (C=O) groups excluding carboxylic acids is 1. The summed E-state index contributed by atoms with van der Waals surface area (Å²) < 4.78 is 38.5. The summed E-state index contributed by atoms with van der Waals surface area (Å²) in [6.45, 7) is 0.355. The maximum absolute atomic E-state index is 12.3. The number of imidazole rings is 1. The lowest BCUT2D eigenvalue weighted by atomic mass is 10.3. The topological polar surface area (TPSA) is 37.6 Å². The highest BCUT2D eigenvalue weighted by Crippen LogP contribution is 2.18. The van der Waals surface area contributed by atoms with Crippen LogP contribution in [0.4, 0.5) is 13.2 Å². The lowest BCUT2D eigenvalue weighted by Gasteiger charge is -2.18. The summed E-state index contributed by atoms with van der Waals surface area (Å²) in [5.41, 5.74) is 1.09. The lowest BCUT2D eigenvalue weighted by Crippen LogP contribution is -2.36. The van der Waals surface area contributed by atoms with E-state index in [4.69, 9.17) is 0 Å². The Bertz CT molecular complexity index is 618. The zero-order chi connectivity index (χ0) is 14.2. The molecule has 1 amide bonds. The van der Waals surface area contributed by atoms with Gasteiger partial charge in [-0.2, -0.15) is 13.2 Å². The van der Waals surface area contributed by atoms with E-state index in [2.05, 4.69) is 4.98 Å². The van der Waals surface area contributed by atoms with Gasteiger partial charge in [-0.05, 0) is 19.1 Å². The van der Waals surface area contributed by atoms with Gasteiger partial charge < -0.3 is 9.30 Å². The fourth-order valence-corrected chi connectivity index (χ4v) is 1.84. The van der Waals surface area contributed by atoms with Crippen molar-refractivity contribution in [2.45, 2.75) is 13.1 Å². The molecule has 0 aliphatic heterocycles. The minimum Gasteiger partial charge on any atom is -0.331 e. The minimum absolute atomic E-state index is 0.0398. The van der Waals surface area contributed by atoms with E-state index in [0.717, 1.165) is 7.05 Å². The highest BCUT2D eigenvalue weighted by molar-refractivity contribution is 5.94. The Balaban J connectivity index is 2.34. The Kier molecular flexibility index (Phi) is 3.21. The van der Waals surface area contributed by atoms with Gasteiger partial charge >= 0.3 is 6.18 Å². The molecule has 0 aliphatic carbocycles. The van der Waals surface area contributed by atoms with E-state index in [9.17, 15) is 18.0 Å². The van der Waals surface area contributed by atoms with Crippen molar-refractivity contribution in [1.29, 1.82) is 0 Å². The van der Waals surface area contributed by atoms with E-state index >= 15 is 0 Å². The summed E-state index contributed by atoms with van der Waals surface area (Å²) in [6.07, 6.45) is -2.71. The van der Waals surface area contributed by atoms with E-state index < -0.39 is 18.6 Å². The molecule has 19 heavy (non-hydrogen) atoms. The summed E-state index contributed by atoms with van der Waals surface area (Å²) in [6, 6.07) is 5.19. The zero-order valence-corrected chi connectivity index (χ0v) is 10.4. The second-order valence-corrected chi connectivity index (χ2v) is 4.25. The molecule has 2 heterocycles. The number of rotatable bonds is 2. The van der Waals surface area contributed by atoms with Crippen molar-refractivity contribution in [1.82, 2.24) is 14.3 Å². The van der Waals surface area contributed by atoms with Crippen LogP contribution in [0.3, 0.4) is 0 Å². The van der Waals surface area contributed by atoms with Crippen LogP contribution in [0.25, 0.3) is 5.65 Å². The van der Waals surface area contributed by atoms with Crippen LogP contribution in [0.2, 0.25) is 0 Å². The van der Waals surface area contributed by atoms with Crippen LogP contribution < -0.4 is 0 Å². The smallest absolute Gasteiger partial charge is 0.331 e.